The van der Waals surface area contributed by atoms with E-state index in [-0.39, 0.29) is 23.8 Å². The second-order valence-corrected chi connectivity index (χ2v) is 4.79. The third kappa shape index (κ3) is 5.14. The van der Waals surface area contributed by atoms with E-state index in [9.17, 15) is 9.59 Å². The van der Waals surface area contributed by atoms with Gasteiger partial charge in [0.05, 0.1) is 11.8 Å². The molecule has 1 aromatic heterocycles. The molecule has 2 amide bonds. The summed E-state index contributed by atoms with van der Waals surface area (Å²) >= 11 is 0. The van der Waals surface area contributed by atoms with E-state index < -0.39 is 0 Å². The van der Waals surface area contributed by atoms with Gasteiger partial charge in [-0.05, 0) is 20.8 Å². The predicted molar refractivity (Wildman–Crippen MR) is 63.4 cm³/mol. The maximum absolute atomic E-state index is 11.5. The summed E-state index contributed by atoms with van der Waals surface area (Å²) in [7, 11) is 0. The second kappa shape index (κ2) is 5.47. The van der Waals surface area contributed by atoms with Crippen LogP contribution in [-0.2, 0) is 4.79 Å². The molecule has 0 atom stereocenters. The van der Waals surface area contributed by atoms with Gasteiger partial charge in [-0.25, -0.2) is 0 Å². The van der Waals surface area contributed by atoms with Gasteiger partial charge < -0.3 is 10.6 Å². The molecule has 0 saturated heterocycles. The van der Waals surface area contributed by atoms with Crippen LogP contribution in [-0.4, -0.2) is 34.1 Å². The van der Waals surface area contributed by atoms with Crippen molar-refractivity contribution in [3.63, 3.8) is 0 Å². The summed E-state index contributed by atoms with van der Waals surface area (Å²) in [5.74, 6) is -0.313. The molecule has 0 saturated carbocycles. The molecule has 0 aliphatic carbocycles. The highest BCUT2D eigenvalue weighted by Gasteiger charge is 2.13. The molecule has 0 aliphatic heterocycles. The Morgan fingerprint density at radius 2 is 2.12 bits per heavy atom. The van der Waals surface area contributed by atoms with Crippen molar-refractivity contribution < 1.29 is 9.59 Å². The Hall–Kier alpha value is -1.85. The summed E-state index contributed by atoms with van der Waals surface area (Å²) in [6, 6.07) is 0. The molecule has 0 aliphatic rings. The highest BCUT2D eigenvalue weighted by molar-refractivity contribution is 5.93. The summed E-state index contributed by atoms with van der Waals surface area (Å²) in [5, 5.41) is 11.7. The summed E-state index contributed by atoms with van der Waals surface area (Å²) in [6.45, 7) is 6.05. The lowest BCUT2D eigenvalue weighted by Crippen LogP contribution is -2.41. The third-order valence-electron chi connectivity index (χ3n) is 1.91. The quantitative estimate of drug-likeness (QED) is 0.711. The lowest BCUT2D eigenvalue weighted by atomic mass is 10.1. The van der Waals surface area contributed by atoms with Gasteiger partial charge in [-0.1, -0.05) is 0 Å². The zero-order valence-electron chi connectivity index (χ0n) is 10.3. The van der Waals surface area contributed by atoms with Crippen LogP contribution in [0.4, 0.5) is 0 Å². The normalized spacial score (nSPS) is 11.0. The van der Waals surface area contributed by atoms with Crippen LogP contribution in [0.25, 0.3) is 0 Å². The Balaban J connectivity index is 2.24. The van der Waals surface area contributed by atoms with Crippen LogP contribution in [0.3, 0.4) is 0 Å². The molecule has 0 unspecified atom stereocenters. The number of aromatic nitrogens is 2. The first-order chi connectivity index (χ1) is 7.88. The molecule has 0 spiro atoms. The lowest BCUT2D eigenvalue weighted by Gasteiger charge is -2.20. The van der Waals surface area contributed by atoms with Gasteiger partial charge in [0.1, 0.15) is 0 Å². The highest BCUT2D eigenvalue weighted by Crippen LogP contribution is 1.99. The first-order valence-electron chi connectivity index (χ1n) is 5.46. The molecule has 3 N–H and O–H groups in total. The first-order valence-corrected chi connectivity index (χ1v) is 5.46. The van der Waals surface area contributed by atoms with E-state index in [1.807, 2.05) is 20.8 Å². The molecular weight excluding hydrogens is 220 g/mol. The fourth-order valence-electron chi connectivity index (χ4n) is 1.25. The number of nitrogens with one attached hydrogen (secondary N) is 3. The number of hydrogen-bond donors (Lipinski definition) is 3. The predicted octanol–water partition coefficient (Wildman–Crippen LogP) is 0.444. The molecule has 0 aromatic carbocycles. The Labute approximate surface area is 100 Å². The average molecular weight is 238 g/mol. The lowest BCUT2D eigenvalue weighted by molar-refractivity contribution is -0.122. The molecule has 94 valence electrons. The molecule has 1 rings (SSSR count). The van der Waals surface area contributed by atoms with E-state index in [0.717, 1.165) is 0 Å². The van der Waals surface area contributed by atoms with E-state index in [1.165, 1.54) is 12.4 Å². The smallest absolute Gasteiger partial charge is 0.254 e. The molecule has 0 bridgehead atoms. The zero-order chi connectivity index (χ0) is 12.9. The van der Waals surface area contributed by atoms with Gasteiger partial charge >= 0.3 is 0 Å². The van der Waals surface area contributed by atoms with Crippen LogP contribution >= 0.6 is 0 Å². The van der Waals surface area contributed by atoms with Crippen LogP contribution < -0.4 is 10.6 Å². The number of rotatable bonds is 4. The summed E-state index contributed by atoms with van der Waals surface area (Å²) in [4.78, 5) is 22.9. The van der Waals surface area contributed by atoms with E-state index >= 15 is 0 Å². The fraction of sp³-hybridized carbons (Fsp3) is 0.545. The minimum Gasteiger partial charge on any atom is -0.351 e. The summed E-state index contributed by atoms with van der Waals surface area (Å²) in [6.07, 6.45) is 3.20. The van der Waals surface area contributed by atoms with E-state index in [4.69, 9.17) is 0 Å². The monoisotopic (exact) mass is 238 g/mol. The van der Waals surface area contributed by atoms with E-state index in [0.29, 0.717) is 12.1 Å². The minimum atomic E-state index is -0.244. The maximum Gasteiger partial charge on any atom is 0.254 e. The van der Waals surface area contributed by atoms with Crippen LogP contribution in [0.5, 0.6) is 0 Å². The second-order valence-electron chi connectivity index (χ2n) is 4.79. The maximum atomic E-state index is 11.5. The van der Waals surface area contributed by atoms with E-state index in [1.54, 1.807) is 0 Å². The van der Waals surface area contributed by atoms with E-state index in [2.05, 4.69) is 20.8 Å². The van der Waals surface area contributed by atoms with Crippen molar-refractivity contribution >= 4 is 11.8 Å². The fourth-order valence-corrected chi connectivity index (χ4v) is 1.25. The Kier molecular flexibility index (Phi) is 4.25. The van der Waals surface area contributed by atoms with Crippen molar-refractivity contribution in [1.29, 1.82) is 0 Å². The Morgan fingerprint density at radius 3 is 2.65 bits per heavy atom. The summed E-state index contributed by atoms with van der Waals surface area (Å²) < 4.78 is 0. The number of carbonyl (C=O) groups excluding carboxylic acids is 2. The average Bonchev–Trinajstić information content (AvgIpc) is 2.66. The Bertz CT molecular complexity index is 379. The number of aromatic amines is 1. The number of amides is 2. The van der Waals surface area contributed by atoms with Crippen LogP contribution in [0.15, 0.2) is 12.4 Å². The van der Waals surface area contributed by atoms with Crippen molar-refractivity contribution in [2.75, 3.05) is 6.54 Å². The number of hydrogen-bond acceptors (Lipinski definition) is 3. The molecule has 1 aromatic rings. The minimum absolute atomic E-state index is 0.0787. The third-order valence-corrected chi connectivity index (χ3v) is 1.91. The van der Waals surface area contributed by atoms with Crippen molar-refractivity contribution in [3.8, 4) is 0 Å². The van der Waals surface area contributed by atoms with Gasteiger partial charge in [-0.15, -0.1) is 0 Å². The van der Waals surface area contributed by atoms with Crippen molar-refractivity contribution in [2.45, 2.75) is 32.7 Å². The molecule has 6 nitrogen and oxygen atoms in total. The standard InChI is InChI=1S/C11H18N4O2/c1-11(2,3)15-9(16)4-5-12-10(17)8-6-13-14-7-8/h6-7H,4-5H2,1-3H3,(H,12,17)(H,13,14)(H,15,16). The van der Waals surface area contributed by atoms with Crippen LogP contribution in [0.1, 0.15) is 37.6 Å². The molecule has 1 heterocycles. The van der Waals surface area contributed by atoms with Crippen molar-refractivity contribution in [1.82, 2.24) is 20.8 Å². The highest BCUT2D eigenvalue weighted by atomic mass is 16.2. The van der Waals surface area contributed by atoms with Gasteiger partial charge in [0.2, 0.25) is 5.91 Å². The number of carbonyl (C=O) groups is 2. The number of H-pyrrole nitrogens is 1. The molecule has 6 heteroatoms. The van der Waals surface area contributed by atoms with Crippen LogP contribution in [0, 0.1) is 0 Å². The number of nitrogens with zero attached hydrogens (tertiary/aromatic N) is 1. The van der Waals surface area contributed by atoms with Gasteiger partial charge in [0.15, 0.2) is 0 Å². The zero-order valence-corrected chi connectivity index (χ0v) is 10.3. The van der Waals surface area contributed by atoms with Crippen molar-refractivity contribution in [2.24, 2.45) is 0 Å². The Morgan fingerprint density at radius 1 is 1.41 bits per heavy atom. The molecular formula is C11H18N4O2. The van der Waals surface area contributed by atoms with Crippen molar-refractivity contribution in [3.05, 3.63) is 18.0 Å². The topological polar surface area (TPSA) is 86.9 Å². The summed E-state index contributed by atoms with van der Waals surface area (Å²) in [5.41, 5.74) is 0.215. The SMILES string of the molecule is CC(C)(C)NC(=O)CCNC(=O)c1cn[nH]c1. The van der Waals surface area contributed by atoms with Gasteiger partial charge in [-0.2, -0.15) is 5.10 Å². The van der Waals surface area contributed by atoms with Gasteiger partial charge in [-0.3, -0.25) is 14.7 Å². The van der Waals surface area contributed by atoms with Gasteiger partial charge in [0, 0.05) is 24.7 Å². The molecule has 0 fully saturated rings. The van der Waals surface area contributed by atoms with Crippen LogP contribution in [0.2, 0.25) is 0 Å². The largest absolute Gasteiger partial charge is 0.351 e. The molecule has 0 radical (unpaired) electrons. The molecule has 17 heavy (non-hydrogen) atoms. The van der Waals surface area contributed by atoms with Gasteiger partial charge in [0.25, 0.3) is 5.91 Å². The first kappa shape index (κ1) is 13.2.